The van der Waals surface area contributed by atoms with Crippen LogP contribution in [0.1, 0.15) is 45.4 Å². The van der Waals surface area contributed by atoms with Gasteiger partial charge in [-0.2, -0.15) is 0 Å². The zero-order valence-electron chi connectivity index (χ0n) is 11.7. The van der Waals surface area contributed by atoms with E-state index in [-0.39, 0.29) is 11.9 Å². The minimum Gasteiger partial charge on any atom is -0.368 e. The molecule has 0 heterocycles. The van der Waals surface area contributed by atoms with Crippen molar-refractivity contribution in [2.75, 3.05) is 13.6 Å². The van der Waals surface area contributed by atoms with Gasteiger partial charge in [-0.3, -0.25) is 4.79 Å². The first-order chi connectivity index (χ1) is 8.58. The molecule has 1 amide bonds. The first kappa shape index (κ1) is 13.8. The van der Waals surface area contributed by atoms with Gasteiger partial charge in [-0.15, -0.1) is 0 Å². The summed E-state index contributed by atoms with van der Waals surface area (Å²) >= 11 is 0. The maximum atomic E-state index is 11.5. The van der Waals surface area contributed by atoms with Crippen LogP contribution < -0.4 is 11.1 Å². The van der Waals surface area contributed by atoms with Gasteiger partial charge >= 0.3 is 0 Å². The lowest BCUT2D eigenvalue weighted by Gasteiger charge is -2.37. The van der Waals surface area contributed by atoms with E-state index in [1.54, 1.807) is 0 Å². The van der Waals surface area contributed by atoms with Crippen LogP contribution in [-0.4, -0.2) is 42.5 Å². The van der Waals surface area contributed by atoms with Gasteiger partial charge in [0.1, 0.15) is 0 Å². The summed E-state index contributed by atoms with van der Waals surface area (Å²) in [5.41, 5.74) is 5.50. The standard InChI is InChI=1S/C14H27N3O/c1-10-5-3-4-6-13(10)17(2)9-12(14(15)18)16-11-7-8-11/h10-13,16H,3-9H2,1-2H3,(H2,15,18). The Bertz CT molecular complexity index is 291. The van der Waals surface area contributed by atoms with Crippen LogP contribution in [0.3, 0.4) is 0 Å². The molecule has 2 saturated carbocycles. The molecule has 0 aliphatic heterocycles. The molecule has 0 saturated heterocycles. The molecule has 0 spiro atoms. The van der Waals surface area contributed by atoms with Crippen LogP contribution >= 0.6 is 0 Å². The summed E-state index contributed by atoms with van der Waals surface area (Å²) < 4.78 is 0. The van der Waals surface area contributed by atoms with E-state index in [1.165, 1.54) is 38.5 Å². The third-order valence-electron chi connectivity index (χ3n) is 4.46. The average Bonchev–Trinajstić information content (AvgIpc) is 3.12. The topological polar surface area (TPSA) is 58.4 Å². The Hall–Kier alpha value is -0.610. The third-order valence-corrected chi connectivity index (χ3v) is 4.46. The number of hydrogen-bond donors (Lipinski definition) is 2. The second kappa shape index (κ2) is 6.02. The minimum absolute atomic E-state index is 0.184. The summed E-state index contributed by atoms with van der Waals surface area (Å²) in [6.45, 7) is 3.08. The lowest BCUT2D eigenvalue weighted by atomic mass is 9.85. The maximum Gasteiger partial charge on any atom is 0.235 e. The minimum atomic E-state index is -0.211. The second-order valence-corrected chi connectivity index (χ2v) is 6.16. The van der Waals surface area contributed by atoms with Gasteiger partial charge in [0.25, 0.3) is 0 Å². The Kier molecular flexibility index (Phi) is 4.62. The summed E-state index contributed by atoms with van der Waals surface area (Å²) in [6, 6.07) is 0.956. The highest BCUT2D eigenvalue weighted by atomic mass is 16.1. The summed E-state index contributed by atoms with van der Waals surface area (Å²) in [6.07, 6.45) is 7.61. The number of carbonyl (C=O) groups is 1. The van der Waals surface area contributed by atoms with Crippen molar-refractivity contribution in [3.63, 3.8) is 0 Å². The highest BCUT2D eigenvalue weighted by Crippen LogP contribution is 2.27. The van der Waals surface area contributed by atoms with Gasteiger partial charge in [-0.05, 0) is 38.6 Å². The van der Waals surface area contributed by atoms with Crippen molar-refractivity contribution in [3.8, 4) is 0 Å². The highest BCUT2D eigenvalue weighted by Gasteiger charge is 2.31. The molecule has 18 heavy (non-hydrogen) atoms. The summed E-state index contributed by atoms with van der Waals surface area (Å²) in [5, 5.41) is 3.36. The van der Waals surface area contributed by atoms with E-state index < -0.39 is 0 Å². The van der Waals surface area contributed by atoms with Crippen molar-refractivity contribution in [2.24, 2.45) is 11.7 Å². The quantitative estimate of drug-likeness (QED) is 0.745. The van der Waals surface area contributed by atoms with Gasteiger partial charge in [-0.1, -0.05) is 19.8 Å². The Morgan fingerprint density at radius 1 is 1.33 bits per heavy atom. The van der Waals surface area contributed by atoms with E-state index in [0.717, 1.165) is 12.5 Å². The van der Waals surface area contributed by atoms with Crippen molar-refractivity contribution in [2.45, 2.75) is 63.6 Å². The van der Waals surface area contributed by atoms with E-state index in [4.69, 9.17) is 5.73 Å². The van der Waals surface area contributed by atoms with Crippen LogP contribution in [0, 0.1) is 5.92 Å². The number of nitrogens with one attached hydrogen (secondary N) is 1. The van der Waals surface area contributed by atoms with Crippen molar-refractivity contribution in [3.05, 3.63) is 0 Å². The molecule has 0 aromatic carbocycles. The van der Waals surface area contributed by atoms with E-state index >= 15 is 0 Å². The first-order valence-electron chi connectivity index (χ1n) is 7.33. The Balaban J connectivity index is 1.86. The molecule has 0 radical (unpaired) electrons. The van der Waals surface area contributed by atoms with E-state index in [0.29, 0.717) is 12.1 Å². The Morgan fingerprint density at radius 2 is 2.00 bits per heavy atom. The van der Waals surface area contributed by atoms with Gasteiger partial charge in [-0.25, -0.2) is 0 Å². The van der Waals surface area contributed by atoms with Gasteiger partial charge < -0.3 is 16.0 Å². The Morgan fingerprint density at radius 3 is 2.56 bits per heavy atom. The summed E-state index contributed by atoms with van der Waals surface area (Å²) in [5.74, 6) is 0.524. The smallest absolute Gasteiger partial charge is 0.235 e. The van der Waals surface area contributed by atoms with E-state index in [2.05, 4.69) is 24.2 Å². The van der Waals surface area contributed by atoms with Crippen LogP contribution in [0.15, 0.2) is 0 Å². The maximum absolute atomic E-state index is 11.5. The van der Waals surface area contributed by atoms with Crippen LogP contribution in [0.2, 0.25) is 0 Å². The number of carbonyl (C=O) groups excluding carboxylic acids is 1. The molecule has 3 unspecified atom stereocenters. The van der Waals surface area contributed by atoms with Gasteiger partial charge in [0.2, 0.25) is 5.91 Å². The van der Waals surface area contributed by atoms with Crippen LogP contribution in [0.4, 0.5) is 0 Å². The predicted molar refractivity (Wildman–Crippen MR) is 73.2 cm³/mol. The fraction of sp³-hybridized carbons (Fsp3) is 0.929. The lowest BCUT2D eigenvalue weighted by molar-refractivity contribution is -0.120. The normalized spacial score (nSPS) is 30.4. The van der Waals surface area contributed by atoms with Crippen molar-refractivity contribution in [1.29, 1.82) is 0 Å². The van der Waals surface area contributed by atoms with Gasteiger partial charge in [0.15, 0.2) is 0 Å². The number of nitrogens with zero attached hydrogens (tertiary/aromatic N) is 1. The second-order valence-electron chi connectivity index (χ2n) is 6.16. The third kappa shape index (κ3) is 3.69. The van der Waals surface area contributed by atoms with Crippen LogP contribution in [0.25, 0.3) is 0 Å². The molecule has 4 nitrogen and oxygen atoms in total. The number of primary amides is 1. The molecular formula is C14H27N3O. The van der Waals surface area contributed by atoms with Gasteiger partial charge in [0.05, 0.1) is 6.04 Å². The molecule has 104 valence electrons. The molecule has 3 N–H and O–H groups in total. The fourth-order valence-electron chi connectivity index (χ4n) is 3.13. The molecule has 2 aliphatic rings. The van der Waals surface area contributed by atoms with E-state index in [9.17, 15) is 4.79 Å². The number of hydrogen-bond acceptors (Lipinski definition) is 3. The van der Waals surface area contributed by atoms with Crippen LogP contribution in [-0.2, 0) is 4.79 Å². The van der Waals surface area contributed by atoms with Crippen molar-refractivity contribution < 1.29 is 4.79 Å². The number of nitrogens with two attached hydrogens (primary N) is 1. The summed E-state index contributed by atoms with van der Waals surface area (Å²) in [4.78, 5) is 13.8. The number of amides is 1. The molecule has 2 rings (SSSR count). The largest absolute Gasteiger partial charge is 0.368 e. The average molecular weight is 253 g/mol. The van der Waals surface area contributed by atoms with Crippen molar-refractivity contribution >= 4 is 5.91 Å². The van der Waals surface area contributed by atoms with E-state index in [1.807, 2.05) is 0 Å². The molecule has 0 aromatic rings. The molecule has 0 aromatic heterocycles. The number of likely N-dealkylation sites (N-methyl/N-ethyl adjacent to an activating group) is 1. The first-order valence-corrected chi connectivity index (χ1v) is 7.33. The van der Waals surface area contributed by atoms with Crippen molar-refractivity contribution in [1.82, 2.24) is 10.2 Å². The Labute approximate surface area is 110 Å². The highest BCUT2D eigenvalue weighted by molar-refractivity contribution is 5.80. The summed E-state index contributed by atoms with van der Waals surface area (Å²) in [7, 11) is 2.14. The monoisotopic (exact) mass is 253 g/mol. The zero-order chi connectivity index (χ0) is 13.1. The fourth-order valence-corrected chi connectivity index (χ4v) is 3.13. The molecule has 4 heteroatoms. The predicted octanol–water partition coefficient (Wildman–Crippen LogP) is 1.10. The zero-order valence-corrected chi connectivity index (χ0v) is 11.7. The molecule has 2 fully saturated rings. The van der Waals surface area contributed by atoms with Gasteiger partial charge in [0, 0.05) is 18.6 Å². The number of rotatable bonds is 6. The molecular weight excluding hydrogens is 226 g/mol. The molecule has 0 bridgehead atoms. The molecule has 2 aliphatic carbocycles. The SMILES string of the molecule is CC1CCCCC1N(C)CC(NC1CC1)C(N)=O. The lowest BCUT2D eigenvalue weighted by Crippen LogP contribution is -2.52. The molecule has 3 atom stereocenters. The van der Waals surface area contributed by atoms with Crippen LogP contribution in [0.5, 0.6) is 0 Å².